The first-order valence-corrected chi connectivity index (χ1v) is 13.1. The topological polar surface area (TPSA) is 116 Å². The van der Waals surface area contributed by atoms with E-state index in [4.69, 9.17) is 18.9 Å². The maximum absolute atomic E-state index is 13.6. The van der Waals surface area contributed by atoms with Gasteiger partial charge in [-0.3, -0.25) is 14.7 Å². The Balaban J connectivity index is 1.60. The zero-order chi connectivity index (χ0) is 28.5. The van der Waals surface area contributed by atoms with Gasteiger partial charge in [-0.25, -0.2) is 9.59 Å². The zero-order valence-electron chi connectivity index (χ0n) is 23.4. The van der Waals surface area contributed by atoms with Crippen LogP contribution in [0, 0.1) is 12.8 Å². The molecule has 10 nitrogen and oxygen atoms in total. The number of ether oxygens (including phenoxy) is 4. The Morgan fingerprint density at radius 3 is 2.62 bits per heavy atom. The molecule has 0 spiro atoms. The number of amides is 2. The lowest BCUT2D eigenvalue weighted by Gasteiger charge is -2.28. The van der Waals surface area contributed by atoms with E-state index in [0.29, 0.717) is 23.4 Å². The van der Waals surface area contributed by atoms with E-state index < -0.39 is 41.3 Å². The number of fused-ring (bicyclic) bond motifs is 1. The van der Waals surface area contributed by atoms with Crippen molar-refractivity contribution < 1.29 is 33.3 Å². The van der Waals surface area contributed by atoms with E-state index >= 15 is 0 Å². The lowest BCUT2D eigenvalue weighted by molar-refractivity contribution is -0.149. The molecule has 1 aliphatic heterocycles. The molecule has 1 saturated heterocycles. The van der Waals surface area contributed by atoms with E-state index in [0.717, 1.165) is 11.1 Å². The molecule has 0 bridgehead atoms. The van der Waals surface area contributed by atoms with Crippen LogP contribution in [0.15, 0.2) is 36.9 Å². The van der Waals surface area contributed by atoms with Crippen LogP contribution in [-0.2, 0) is 19.1 Å². The monoisotopic (exact) mass is 539 g/mol. The molecule has 1 saturated carbocycles. The highest BCUT2D eigenvalue weighted by Gasteiger charge is 2.62. The number of aryl methyl sites for hydroxylation is 1. The van der Waals surface area contributed by atoms with Gasteiger partial charge in [0.15, 0.2) is 0 Å². The summed E-state index contributed by atoms with van der Waals surface area (Å²) in [4.78, 5) is 45.5. The van der Waals surface area contributed by atoms with Crippen molar-refractivity contribution in [2.45, 2.75) is 70.7 Å². The number of likely N-dealkylation sites (tertiary alicyclic amines) is 1. The summed E-state index contributed by atoms with van der Waals surface area (Å²) in [5, 5.41) is 3.65. The van der Waals surface area contributed by atoms with Crippen molar-refractivity contribution in [3.8, 4) is 11.5 Å². The molecule has 39 heavy (non-hydrogen) atoms. The van der Waals surface area contributed by atoms with Crippen molar-refractivity contribution in [1.29, 1.82) is 0 Å². The van der Waals surface area contributed by atoms with Gasteiger partial charge in [-0.2, -0.15) is 0 Å². The molecule has 0 radical (unpaired) electrons. The molecular formula is C29H37N3O7. The Morgan fingerprint density at radius 1 is 1.26 bits per heavy atom. The molecule has 1 aromatic heterocycles. The molecular weight excluding hydrogens is 502 g/mol. The minimum atomic E-state index is -1.18. The number of hydrogen-bond acceptors (Lipinski definition) is 8. The smallest absolute Gasteiger partial charge is 0.411 e. The average molecular weight is 540 g/mol. The first kappa shape index (κ1) is 28.2. The van der Waals surface area contributed by atoms with E-state index in [1.165, 1.54) is 4.90 Å². The molecule has 1 N–H and O–H groups in total. The summed E-state index contributed by atoms with van der Waals surface area (Å²) in [6.07, 6.45) is 1.10. The number of benzene rings is 1. The summed E-state index contributed by atoms with van der Waals surface area (Å²) >= 11 is 0. The van der Waals surface area contributed by atoms with E-state index in [2.05, 4.69) is 16.9 Å². The van der Waals surface area contributed by atoms with Gasteiger partial charge in [0, 0.05) is 35.6 Å². The van der Waals surface area contributed by atoms with Gasteiger partial charge in [0.2, 0.25) is 5.91 Å². The number of esters is 1. The lowest BCUT2D eigenvalue weighted by Crippen LogP contribution is -2.53. The van der Waals surface area contributed by atoms with Crippen LogP contribution in [0.5, 0.6) is 11.5 Å². The third-order valence-electron chi connectivity index (χ3n) is 6.88. The fraction of sp³-hybridized carbons (Fsp3) is 0.517. The van der Waals surface area contributed by atoms with Crippen molar-refractivity contribution in [2.75, 3.05) is 20.3 Å². The fourth-order valence-corrected chi connectivity index (χ4v) is 4.92. The summed E-state index contributed by atoms with van der Waals surface area (Å²) in [7, 11) is 1.59. The fourth-order valence-electron chi connectivity index (χ4n) is 4.92. The molecule has 2 aromatic rings. The van der Waals surface area contributed by atoms with Gasteiger partial charge in [0.05, 0.1) is 25.8 Å². The van der Waals surface area contributed by atoms with Gasteiger partial charge >= 0.3 is 12.1 Å². The summed E-state index contributed by atoms with van der Waals surface area (Å²) in [6, 6.07) is 6.44. The normalized spacial score (nSPS) is 24.2. The highest BCUT2D eigenvalue weighted by molar-refractivity contribution is 5.95. The minimum Gasteiger partial charge on any atom is -0.497 e. The third-order valence-corrected chi connectivity index (χ3v) is 6.88. The second-order valence-electron chi connectivity index (χ2n) is 11.0. The third kappa shape index (κ3) is 5.94. The maximum Gasteiger partial charge on any atom is 0.411 e. The Bertz CT molecular complexity index is 1290. The van der Waals surface area contributed by atoms with E-state index in [1.807, 2.05) is 31.2 Å². The number of aromatic nitrogens is 1. The van der Waals surface area contributed by atoms with E-state index in [9.17, 15) is 14.4 Å². The molecule has 1 aliphatic carbocycles. The highest BCUT2D eigenvalue weighted by atomic mass is 16.6. The van der Waals surface area contributed by atoms with Crippen LogP contribution >= 0.6 is 0 Å². The summed E-state index contributed by atoms with van der Waals surface area (Å²) in [5.41, 5.74) is -0.473. The lowest BCUT2D eigenvalue weighted by atomic mass is 10.1. The molecule has 2 aliphatic rings. The molecule has 2 fully saturated rings. The molecule has 0 unspecified atom stereocenters. The predicted molar refractivity (Wildman–Crippen MR) is 145 cm³/mol. The summed E-state index contributed by atoms with van der Waals surface area (Å²) in [5.74, 6) is 0.0462. The number of carbonyl (C=O) groups excluding carboxylic acids is 3. The number of nitrogens with one attached hydrogen (secondary N) is 1. The van der Waals surface area contributed by atoms with Crippen LogP contribution in [0.2, 0.25) is 0 Å². The number of nitrogens with zero attached hydrogens (tertiary/aromatic N) is 2. The summed E-state index contributed by atoms with van der Waals surface area (Å²) < 4.78 is 22.6. The number of carbonyl (C=O) groups is 3. The van der Waals surface area contributed by atoms with Crippen molar-refractivity contribution in [3.05, 3.63) is 42.6 Å². The van der Waals surface area contributed by atoms with Gasteiger partial charge in [-0.15, -0.1) is 6.58 Å². The quantitative estimate of drug-likeness (QED) is 0.396. The molecule has 210 valence electrons. The van der Waals surface area contributed by atoms with Gasteiger partial charge in [-0.1, -0.05) is 6.08 Å². The highest BCUT2D eigenvalue weighted by Crippen LogP contribution is 2.45. The Morgan fingerprint density at radius 2 is 2.00 bits per heavy atom. The number of rotatable bonds is 8. The van der Waals surface area contributed by atoms with Crippen LogP contribution in [0.1, 0.15) is 46.2 Å². The average Bonchev–Trinajstić information content (AvgIpc) is 3.41. The predicted octanol–water partition coefficient (Wildman–Crippen LogP) is 3.93. The molecule has 4 atom stereocenters. The second kappa shape index (κ2) is 10.7. The second-order valence-corrected chi connectivity index (χ2v) is 11.0. The van der Waals surface area contributed by atoms with E-state index in [-0.39, 0.29) is 25.5 Å². The van der Waals surface area contributed by atoms with Gasteiger partial charge in [-0.05, 0) is 53.2 Å². The molecule has 4 rings (SSSR count). The first-order chi connectivity index (χ1) is 18.4. The number of hydrogen-bond donors (Lipinski definition) is 1. The standard InChI is InChI=1S/C29H37N3O7/c1-8-18-15-29(18,26(34)37-9-2)31-25(33)23-14-20(16-32(23)27(35)39-28(4,5)6)38-24-12-17(3)30-22-13-19(36-7)10-11-21(22)24/h8,10-13,18,20,23H,1,9,14-16H2,2-7H3,(H,31,33)/t18-,20-,23+,29-/m1/s1. The SMILES string of the molecule is C=C[C@@H]1C[C@]1(NC(=O)[C@@H]1C[C@@H](Oc2cc(C)nc3cc(OC)ccc23)CN1C(=O)OC(C)(C)C)C(=O)OCC. The maximum atomic E-state index is 13.6. The Hall–Kier alpha value is -3.82. The Kier molecular flexibility index (Phi) is 7.77. The van der Waals surface area contributed by atoms with Crippen molar-refractivity contribution >= 4 is 28.9 Å². The largest absolute Gasteiger partial charge is 0.497 e. The number of pyridine rings is 1. The minimum absolute atomic E-state index is 0.128. The molecule has 10 heteroatoms. The van der Waals surface area contributed by atoms with Crippen LogP contribution in [0.4, 0.5) is 4.79 Å². The van der Waals surface area contributed by atoms with Gasteiger partial charge in [0.25, 0.3) is 0 Å². The molecule has 1 aromatic carbocycles. The zero-order valence-corrected chi connectivity index (χ0v) is 23.4. The van der Waals surface area contributed by atoms with Gasteiger partial charge < -0.3 is 24.3 Å². The Labute approximate surface area is 228 Å². The van der Waals surface area contributed by atoms with Gasteiger partial charge in [0.1, 0.15) is 34.8 Å². The molecule has 2 amide bonds. The summed E-state index contributed by atoms with van der Waals surface area (Å²) in [6.45, 7) is 13.0. The van der Waals surface area contributed by atoms with Crippen LogP contribution < -0.4 is 14.8 Å². The van der Waals surface area contributed by atoms with Crippen molar-refractivity contribution in [3.63, 3.8) is 0 Å². The van der Waals surface area contributed by atoms with Crippen molar-refractivity contribution in [1.82, 2.24) is 15.2 Å². The van der Waals surface area contributed by atoms with Crippen LogP contribution in [0.3, 0.4) is 0 Å². The van der Waals surface area contributed by atoms with Crippen LogP contribution in [-0.4, -0.2) is 71.4 Å². The molecule has 2 heterocycles. The first-order valence-electron chi connectivity index (χ1n) is 13.1. The van der Waals surface area contributed by atoms with Crippen LogP contribution in [0.25, 0.3) is 10.9 Å². The van der Waals surface area contributed by atoms with E-state index in [1.54, 1.807) is 40.9 Å². The van der Waals surface area contributed by atoms with Crippen molar-refractivity contribution in [2.24, 2.45) is 5.92 Å². The number of methoxy groups -OCH3 is 1.